The lowest BCUT2D eigenvalue weighted by Gasteiger charge is -2.10. The summed E-state index contributed by atoms with van der Waals surface area (Å²) in [6.07, 6.45) is 3.76. The van der Waals surface area contributed by atoms with Gasteiger partial charge in [0.15, 0.2) is 0 Å². The maximum Gasteiger partial charge on any atom is 0.138 e. The van der Waals surface area contributed by atoms with E-state index in [2.05, 4.69) is 12.6 Å². The number of aryl methyl sites for hydroxylation is 1. The summed E-state index contributed by atoms with van der Waals surface area (Å²) in [6.45, 7) is 3.76. The molecule has 0 amide bonds. The highest BCUT2D eigenvalue weighted by Crippen LogP contribution is 2.31. The summed E-state index contributed by atoms with van der Waals surface area (Å²) in [5, 5.41) is 1.59. The molecule has 0 aliphatic heterocycles. The Labute approximate surface area is 171 Å². The van der Waals surface area contributed by atoms with E-state index in [0.29, 0.717) is 10.9 Å². The van der Waals surface area contributed by atoms with Gasteiger partial charge in [0.1, 0.15) is 11.6 Å². The zero-order valence-corrected chi connectivity index (χ0v) is 16.5. The first-order valence-corrected chi connectivity index (χ1v) is 9.76. The van der Waals surface area contributed by atoms with Crippen LogP contribution in [0.1, 0.15) is 12.0 Å². The molecule has 0 heterocycles. The fraction of sp³-hybridized carbons (Fsp3) is 0.111. The van der Waals surface area contributed by atoms with Crippen LogP contribution in [-0.2, 0) is 6.42 Å². The first-order valence-electron chi connectivity index (χ1n) is 9.76. The Bertz CT molecular complexity index is 1140. The van der Waals surface area contributed by atoms with E-state index in [0.717, 1.165) is 40.7 Å². The summed E-state index contributed by atoms with van der Waals surface area (Å²) in [6, 6.07) is 25.8. The molecule has 0 N–H and O–H groups in total. The molecule has 144 valence electrons. The molecule has 0 atom stereocenters. The molecule has 0 radical (unpaired) electrons. The van der Waals surface area contributed by atoms with Crippen LogP contribution in [0.15, 0.2) is 91.5 Å². The number of allylic oxidation sites excluding steroid dienone is 1. The van der Waals surface area contributed by atoms with Crippen molar-refractivity contribution in [2.45, 2.75) is 12.8 Å². The average Bonchev–Trinajstić information content (AvgIpc) is 2.78. The number of rotatable bonds is 6. The number of hydrogen-bond donors (Lipinski definition) is 0. The van der Waals surface area contributed by atoms with Crippen molar-refractivity contribution >= 4 is 10.8 Å². The normalized spacial score (nSPS) is 10.8. The quantitative estimate of drug-likeness (QED) is 0.315. The fourth-order valence-corrected chi connectivity index (χ4v) is 3.61. The van der Waals surface area contributed by atoms with E-state index in [1.807, 2.05) is 78.9 Å². The Morgan fingerprint density at radius 1 is 0.828 bits per heavy atom. The molecular weight excluding hydrogens is 359 g/mol. The third-order valence-corrected chi connectivity index (χ3v) is 5.27. The number of hydrogen-bond acceptors (Lipinski definition) is 1. The van der Waals surface area contributed by atoms with Crippen molar-refractivity contribution in [2.75, 3.05) is 7.11 Å². The Morgan fingerprint density at radius 3 is 2.14 bits per heavy atom. The second kappa shape index (κ2) is 8.32. The van der Waals surface area contributed by atoms with Crippen molar-refractivity contribution in [1.29, 1.82) is 0 Å². The summed E-state index contributed by atoms with van der Waals surface area (Å²) >= 11 is 0. The van der Waals surface area contributed by atoms with Crippen molar-refractivity contribution in [1.82, 2.24) is 0 Å². The third-order valence-electron chi connectivity index (χ3n) is 5.27. The second-order valence-corrected chi connectivity index (χ2v) is 7.12. The predicted molar refractivity (Wildman–Crippen MR) is 120 cm³/mol. The SMILES string of the molecule is C=CCCc1ccc2c(F)c(-c3ccc(-c4ccc(OC)cc4)cc3)ccc2c1. The van der Waals surface area contributed by atoms with Gasteiger partial charge in [0, 0.05) is 10.9 Å². The molecule has 0 aliphatic rings. The zero-order valence-electron chi connectivity index (χ0n) is 16.5. The Morgan fingerprint density at radius 2 is 1.48 bits per heavy atom. The Kier molecular flexibility index (Phi) is 5.44. The highest BCUT2D eigenvalue weighted by molar-refractivity contribution is 5.89. The number of fused-ring (bicyclic) bond motifs is 1. The van der Waals surface area contributed by atoms with Gasteiger partial charge in [-0.15, -0.1) is 6.58 Å². The van der Waals surface area contributed by atoms with Crippen molar-refractivity contribution in [3.05, 3.63) is 103 Å². The highest BCUT2D eigenvalue weighted by atomic mass is 19.1. The van der Waals surface area contributed by atoms with E-state index in [9.17, 15) is 0 Å². The summed E-state index contributed by atoms with van der Waals surface area (Å²) < 4.78 is 20.4. The van der Waals surface area contributed by atoms with E-state index in [1.165, 1.54) is 5.56 Å². The van der Waals surface area contributed by atoms with Crippen molar-refractivity contribution < 1.29 is 9.13 Å². The molecule has 2 heteroatoms. The molecule has 4 rings (SSSR count). The maximum atomic E-state index is 15.2. The van der Waals surface area contributed by atoms with Crippen molar-refractivity contribution in [3.8, 4) is 28.0 Å². The summed E-state index contributed by atoms with van der Waals surface area (Å²) in [4.78, 5) is 0. The van der Waals surface area contributed by atoms with E-state index >= 15 is 4.39 Å². The van der Waals surface area contributed by atoms with E-state index in [1.54, 1.807) is 7.11 Å². The number of halogens is 1. The monoisotopic (exact) mass is 382 g/mol. The molecular formula is C27H23FO. The minimum absolute atomic E-state index is 0.171. The first kappa shape index (κ1) is 18.9. The van der Waals surface area contributed by atoms with Gasteiger partial charge in [-0.1, -0.05) is 72.8 Å². The van der Waals surface area contributed by atoms with Gasteiger partial charge in [-0.05, 0) is 52.6 Å². The van der Waals surface area contributed by atoms with Gasteiger partial charge >= 0.3 is 0 Å². The Balaban J connectivity index is 1.65. The predicted octanol–water partition coefficient (Wildman–Crippen LogP) is 7.44. The molecule has 0 fully saturated rings. The highest BCUT2D eigenvalue weighted by Gasteiger charge is 2.10. The summed E-state index contributed by atoms with van der Waals surface area (Å²) in [7, 11) is 1.66. The molecule has 1 nitrogen and oxygen atoms in total. The fourth-order valence-electron chi connectivity index (χ4n) is 3.61. The molecule has 0 unspecified atom stereocenters. The van der Waals surface area contributed by atoms with E-state index in [4.69, 9.17) is 4.74 Å². The molecule has 4 aromatic carbocycles. The maximum absolute atomic E-state index is 15.2. The lowest BCUT2D eigenvalue weighted by molar-refractivity contribution is 0.415. The van der Waals surface area contributed by atoms with Crippen LogP contribution in [0.2, 0.25) is 0 Å². The van der Waals surface area contributed by atoms with Gasteiger partial charge in [0.25, 0.3) is 0 Å². The molecule has 4 aromatic rings. The Hall–Kier alpha value is -3.39. The molecule has 0 aliphatic carbocycles. The van der Waals surface area contributed by atoms with Gasteiger partial charge < -0.3 is 4.74 Å². The lowest BCUT2D eigenvalue weighted by atomic mass is 9.96. The van der Waals surface area contributed by atoms with Crippen LogP contribution < -0.4 is 4.74 Å². The average molecular weight is 382 g/mol. The summed E-state index contributed by atoms with van der Waals surface area (Å²) in [5.41, 5.74) is 4.89. The molecule has 29 heavy (non-hydrogen) atoms. The second-order valence-electron chi connectivity index (χ2n) is 7.12. The summed E-state index contributed by atoms with van der Waals surface area (Å²) in [5.74, 6) is 0.659. The lowest BCUT2D eigenvalue weighted by Crippen LogP contribution is -1.90. The molecule has 0 saturated heterocycles. The van der Waals surface area contributed by atoms with E-state index in [-0.39, 0.29) is 5.82 Å². The zero-order chi connectivity index (χ0) is 20.2. The molecule has 0 bridgehead atoms. The number of methoxy groups -OCH3 is 1. The van der Waals surface area contributed by atoms with Crippen LogP contribution in [-0.4, -0.2) is 7.11 Å². The third kappa shape index (κ3) is 3.93. The number of ether oxygens (including phenoxy) is 1. The van der Waals surface area contributed by atoms with Crippen molar-refractivity contribution in [3.63, 3.8) is 0 Å². The standard InChI is InChI=1S/C27H23FO/c1-3-4-5-19-6-16-26-23(18-19)13-17-25(27(26)28)22-9-7-20(8-10-22)21-11-14-24(29-2)15-12-21/h3,6-18H,1,4-5H2,2H3. The van der Waals surface area contributed by atoms with Crippen LogP contribution in [0, 0.1) is 5.82 Å². The molecule has 0 spiro atoms. The molecule has 0 saturated carbocycles. The largest absolute Gasteiger partial charge is 0.497 e. The minimum Gasteiger partial charge on any atom is -0.497 e. The van der Waals surface area contributed by atoms with Gasteiger partial charge in [-0.2, -0.15) is 0 Å². The van der Waals surface area contributed by atoms with Gasteiger partial charge in [0.2, 0.25) is 0 Å². The van der Waals surface area contributed by atoms with Crippen LogP contribution >= 0.6 is 0 Å². The van der Waals surface area contributed by atoms with Gasteiger partial charge in [-0.25, -0.2) is 4.39 Å². The van der Waals surface area contributed by atoms with Crippen LogP contribution in [0.5, 0.6) is 5.75 Å². The first-order chi connectivity index (χ1) is 14.2. The van der Waals surface area contributed by atoms with Crippen LogP contribution in [0.4, 0.5) is 4.39 Å². The van der Waals surface area contributed by atoms with Gasteiger partial charge in [-0.3, -0.25) is 0 Å². The molecule has 0 aromatic heterocycles. The smallest absolute Gasteiger partial charge is 0.138 e. The topological polar surface area (TPSA) is 9.23 Å². The van der Waals surface area contributed by atoms with Crippen LogP contribution in [0.3, 0.4) is 0 Å². The van der Waals surface area contributed by atoms with Crippen molar-refractivity contribution in [2.24, 2.45) is 0 Å². The number of benzene rings is 4. The minimum atomic E-state index is -0.171. The van der Waals surface area contributed by atoms with Crippen LogP contribution in [0.25, 0.3) is 33.0 Å². The van der Waals surface area contributed by atoms with E-state index < -0.39 is 0 Å². The van der Waals surface area contributed by atoms with Gasteiger partial charge in [0.05, 0.1) is 7.11 Å².